The summed E-state index contributed by atoms with van der Waals surface area (Å²) in [5.74, 6) is -3.46. The van der Waals surface area contributed by atoms with Crippen molar-refractivity contribution < 1.29 is 23.1 Å². The highest BCUT2D eigenvalue weighted by Crippen LogP contribution is 2.24. The second-order valence-electron chi connectivity index (χ2n) is 3.92. The summed E-state index contributed by atoms with van der Waals surface area (Å²) in [7, 11) is 1.32. The molecular weight excluding hydrogens is 272 g/mol. The first-order valence-corrected chi connectivity index (χ1v) is 5.76. The van der Waals surface area contributed by atoms with Crippen molar-refractivity contribution in [2.45, 2.75) is 19.6 Å². The molecule has 0 aliphatic carbocycles. The van der Waals surface area contributed by atoms with Crippen molar-refractivity contribution in [2.75, 3.05) is 7.05 Å². The van der Waals surface area contributed by atoms with Crippen LogP contribution in [0.3, 0.4) is 0 Å². The second kappa shape index (κ2) is 6.80. The first-order chi connectivity index (χ1) is 9.38. The van der Waals surface area contributed by atoms with Crippen LogP contribution in [0.2, 0.25) is 0 Å². The number of nitrogens with one attached hydrogen (secondary N) is 2. The van der Waals surface area contributed by atoms with E-state index in [1.54, 1.807) is 0 Å². The Morgan fingerprint density at radius 2 is 1.90 bits per heavy atom. The van der Waals surface area contributed by atoms with E-state index in [1.165, 1.54) is 14.0 Å². The molecule has 1 aromatic carbocycles. The molecular formula is C12H15F2N3O3. The average Bonchev–Trinajstić information content (AvgIpc) is 2.41. The van der Waals surface area contributed by atoms with Gasteiger partial charge in [-0.05, 0) is 24.6 Å². The fraction of sp³-hybridized carbons (Fsp3) is 0.333. The molecule has 8 heteroatoms. The van der Waals surface area contributed by atoms with E-state index in [4.69, 9.17) is 10.5 Å². The summed E-state index contributed by atoms with van der Waals surface area (Å²) in [5, 5.41) is 4.10. The largest absolute Gasteiger partial charge is 0.475 e. The summed E-state index contributed by atoms with van der Waals surface area (Å²) >= 11 is 0. The molecule has 0 radical (unpaired) electrons. The molecule has 0 heterocycles. The SMILES string of the molecule is CNC(=O)NC(=O)C(C)Oc1c(F)cc(CN)cc1F. The lowest BCUT2D eigenvalue weighted by atomic mass is 10.2. The number of carbonyl (C=O) groups is 2. The van der Waals surface area contributed by atoms with Crippen molar-refractivity contribution in [3.63, 3.8) is 0 Å². The van der Waals surface area contributed by atoms with Crippen molar-refractivity contribution in [1.29, 1.82) is 0 Å². The number of amides is 3. The highest BCUT2D eigenvalue weighted by atomic mass is 19.1. The highest BCUT2D eigenvalue weighted by molar-refractivity contribution is 5.96. The first kappa shape index (κ1) is 15.8. The molecule has 0 aromatic heterocycles. The Morgan fingerprint density at radius 1 is 1.35 bits per heavy atom. The van der Waals surface area contributed by atoms with Crippen LogP contribution in [0.15, 0.2) is 12.1 Å². The lowest BCUT2D eigenvalue weighted by Crippen LogP contribution is -2.44. The Kier molecular flexibility index (Phi) is 5.39. The third-order valence-electron chi connectivity index (χ3n) is 2.42. The molecule has 0 bridgehead atoms. The number of nitrogens with two attached hydrogens (primary N) is 1. The van der Waals surface area contributed by atoms with Crippen molar-refractivity contribution in [3.8, 4) is 5.75 Å². The van der Waals surface area contributed by atoms with Crippen LogP contribution in [0.1, 0.15) is 12.5 Å². The number of hydrogen-bond donors (Lipinski definition) is 3. The Labute approximate surface area is 114 Å². The van der Waals surface area contributed by atoms with Gasteiger partial charge >= 0.3 is 6.03 Å². The highest BCUT2D eigenvalue weighted by Gasteiger charge is 2.21. The summed E-state index contributed by atoms with van der Waals surface area (Å²) in [6.07, 6.45) is -1.25. The van der Waals surface area contributed by atoms with E-state index in [0.717, 1.165) is 12.1 Å². The number of urea groups is 1. The van der Waals surface area contributed by atoms with Gasteiger partial charge in [0.15, 0.2) is 23.5 Å². The zero-order valence-corrected chi connectivity index (χ0v) is 11.0. The van der Waals surface area contributed by atoms with Gasteiger partial charge in [0.2, 0.25) is 0 Å². The van der Waals surface area contributed by atoms with Crippen LogP contribution in [0.25, 0.3) is 0 Å². The molecule has 20 heavy (non-hydrogen) atoms. The number of hydrogen-bond acceptors (Lipinski definition) is 4. The third kappa shape index (κ3) is 3.89. The first-order valence-electron chi connectivity index (χ1n) is 5.76. The number of benzene rings is 1. The number of rotatable bonds is 4. The van der Waals surface area contributed by atoms with Gasteiger partial charge in [0.1, 0.15) is 0 Å². The van der Waals surface area contributed by atoms with Crippen LogP contribution in [0.4, 0.5) is 13.6 Å². The summed E-state index contributed by atoms with van der Waals surface area (Å²) in [6, 6.07) is 1.29. The molecule has 0 aliphatic rings. The lowest BCUT2D eigenvalue weighted by molar-refractivity contribution is -0.126. The summed E-state index contributed by atoms with van der Waals surface area (Å²) < 4.78 is 32.1. The standard InChI is InChI=1S/C12H15F2N3O3/c1-6(11(18)17-12(19)16-2)20-10-8(13)3-7(5-15)4-9(10)14/h3-4,6H,5,15H2,1-2H3,(H2,16,17,18,19). The molecule has 110 valence electrons. The molecule has 6 nitrogen and oxygen atoms in total. The van der Waals surface area contributed by atoms with Crippen molar-refractivity contribution in [3.05, 3.63) is 29.3 Å². The predicted octanol–water partition coefficient (Wildman–Crippen LogP) is 0.646. The van der Waals surface area contributed by atoms with Crippen LogP contribution >= 0.6 is 0 Å². The normalized spacial score (nSPS) is 11.7. The van der Waals surface area contributed by atoms with Gasteiger partial charge in [-0.1, -0.05) is 0 Å². The van der Waals surface area contributed by atoms with E-state index in [2.05, 4.69) is 5.32 Å². The van der Waals surface area contributed by atoms with Crippen molar-refractivity contribution in [2.24, 2.45) is 5.73 Å². The lowest BCUT2D eigenvalue weighted by Gasteiger charge is -2.15. The van der Waals surface area contributed by atoms with Crippen molar-refractivity contribution >= 4 is 11.9 Å². The Hall–Kier alpha value is -2.22. The van der Waals surface area contributed by atoms with Crippen LogP contribution < -0.4 is 21.1 Å². The fourth-order valence-corrected chi connectivity index (χ4v) is 1.35. The van der Waals surface area contributed by atoms with E-state index in [-0.39, 0.29) is 12.1 Å². The Morgan fingerprint density at radius 3 is 2.35 bits per heavy atom. The van der Waals surface area contributed by atoms with Crippen molar-refractivity contribution in [1.82, 2.24) is 10.6 Å². The third-order valence-corrected chi connectivity index (χ3v) is 2.42. The molecule has 0 aliphatic heterocycles. The van der Waals surface area contributed by atoms with E-state index < -0.39 is 35.4 Å². The minimum Gasteiger partial charge on any atom is -0.475 e. The van der Waals surface area contributed by atoms with Gasteiger partial charge in [-0.25, -0.2) is 13.6 Å². The monoisotopic (exact) mass is 287 g/mol. The van der Waals surface area contributed by atoms with E-state index in [1.807, 2.05) is 5.32 Å². The molecule has 0 saturated carbocycles. The summed E-state index contributed by atoms with van der Waals surface area (Å²) in [6.45, 7) is 1.23. The maximum atomic E-state index is 13.6. The molecule has 1 atom stereocenters. The van der Waals surface area contributed by atoms with Gasteiger partial charge in [-0.3, -0.25) is 10.1 Å². The van der Waals surface area contributed by atoms with Crippen LogP contribution in [0.5, 0.6) is 5.75 Å². The molecule has 0 saturated heterocycles. The van der Waals surface area contributed by atoms with Gasteiger partial charge in [0.25, 0.3) is 5.91 Å². The zero-order chi connectivity index (χ0) is 15.3. The number of halogens is 2. The zero-order valence-electron chi connectivity index (χ0n) is 11.0. The summed E-state index contributed by atoms with van der Waals surface area (Å²) in [4.78, 5) is 22.4. The van der Waals surface area contributed by atoms with Gasteiger partial charge in [-0.15, -0.1) is 0 Å². The number of imide groups is 1. The van der Waals surface area contributed by atoms with Crippen LogP contribution in [-0.2, 0) is 11.3 Å². The molecule has 1 unspecified atom stereocenters. The van der Waals surface area contributed by atoms with Gasteiger partial charge in [0, 0.05) is 13.6 Å². The van der Waals surface area contributed by atoms with Crippen LogP contribution in [0, 0.1) is 11.6 Å². The van der Waals surface area contributed by atoms with Gasteiger partial charge in [-0.2, -0.15) is 0 Å². The Balaban J connectivity index is 2.83. The average molecular weight is 287 g/mol. The Bertz CT molecular complexity index is 500. The minimum atomic E-state index is -1.25. The molecule has 1 aromatic rings. The quantitative estimate of drug-likeness (QED) is 0.758. The number of ether oxygens (including phenoxy) is 1. The topological polar surface area (TPSA) is 93.5 Å². The molecule has 3 amide bonds. The summed E-state index contributed by atoms with van der Waals surface area (Å²) in [5.41, 5.74) is 5.53. The molecule has 4 N–H and O–H groups in total. The fourth-order valence-electron chi connectivity index (χ4n) is 1.35. The molecule has 0 fully saturated rings. The van der Waals surface area contributed by atoms with E-state index in [0.29, 0.717) is 0 Å². The molecule has 0 spiro atoms. The van der Waals surface area contributed by atoms with Crippen LogP contribution in [-0.4, -0.2) is 25.1 Å². The maximum Gasteiger partial charge on any atom is 0.321 e. The number of carbonyl (C=O) groups excluding carboxylic acids is 2. The molecule has 1 rings (SSSR count). The van der Waals surface area contributed by atoms with Gasteiger partial charge in [0.05, 0.1) is 0 Å². The van der Waals surface area contributed by atoms with E-state index >= 15 is 0 Å². The maximum absolute atomic E-state index is 13.6. The van der Waals surface area contributed by atoms with Gasteiger partial charge < -0.3 is 15.8 Å². The minimum absolute atomic E-state index is 0.0270. The smallest absolute Gasteiger partial charge is 0.321 e. The second-order valence-corrected chi connectivity index (χ2v) is 3.92. The van der Waals surface area contributed by atoms with E-state index in [9.17, 15) is 18.4 Å². The predicted molar refractivity (Wildman–Crippen MR) is 66.9 cm³/mol.